The molecule has 0 atom stereocenters. The largest absolute Gasteiger partial charge is 0.497 e. The van der Waals surface area contributed by atoms with Crippen LogP contribution in [0.5, 0.6) is 17.2 Å². The molecule has 1 saturated heterocycles. The molecule has 2 aromatic carbocycles. The van der Waals surface area contributed by atoms with Crippen LogP contribution in [0.1, 0.15) is 17.5 Å². The quantitative estimate of drug-likeness (QED) is 0.674. The summed E-state index contributed by atoms with van der Waals surface area (Å²) in [5.41, 5.74) is 2.37. The molecule has 1 heterocycles. The average molecular weight is 371 g/mol. The third-order valence-corrected chi connectivity index (χ3v) is 4.82. The van der Waals surface area contributed by atoms with Gasteiger partial charge in [-0.05, 0) is 54.8 Å². The first-order chi connectivity index (χ1) is 13.3. The Morgan fingerprint density at radius 1 is 0.889 bits per heavy atom. The van der Waals surface area contributed by atoms with Crippen LogP contribution in [0.4, 0.5) is 0 Å². The minimum atomic E-state index is 0.497. The molecule has 0 radical (unpaired) electrons. The summed E-state index contributed by atoms with van der Waals surface area (Å²) in [6.45, 7) is 5.41. The highest BCUT2D eigenvalue weighted by Gasteiger charge is 2.10. The zero-order valence-corrected chi connectivity index (χ0v) is 16.3. The van der Waals surface area contributed by atoms with Crippen LogP contribution in [-0.2, 0) is 17.8 Å². The van der Waals surface area contributed by atoms with Gasteiger partial charge in [0.1, 0.15) is 12.4 Å². The van der Waals surface area contributed by atoms with E-state index in [9.17, 15) is 0 Å². The van der Waals surface area contributed by atoms with Gasteiger partial charge in [-0.1, -0.05) is 18.2 Å². The van der Waals surface area contributed by atoms with Crippen LogP contribution >= 0.6 is 0 Å². The lowest BCUT2D eigenvalue weighted by Crippen LogP contribution is -2.36. The Balaban J connectivity index is 1.51. The predicted molar refractivity (Wildman–Crippen MR) is 106 cm³/mol. The molecule has 1 fully saturated rings. The summed E-state index contributed by atoms with van der Waals surface area (Å²) in [5, 5.41) is 0. The van der Waals surface area contributed by atoms with Crippen molar-refractivity contribution >= 4 is 0 Å². The van der Waals surface area contributed by atoms with Crippen LogP contribution in [0, 0.1) is 0 Å². The van der Waals surface area contributed by atoms with Gasteiger partial charge in [-0.3, -0.25) is 4.90 Å². The maximum atomic E-state index is 5.95. The van der Waals surface area contributed by atoms with Crippen LogP contribution in [0.2, 0.25) is 0 Å². The number of aryl methyl sites for hydroxylation is 1. The Morgan fingerprint density at radius 2 is 1.63 bits per heavy atom. The topological polar surface area (TPSA) is 40.2 Å². The van der Waals surface area contributed by atoms with Crippen molar-refractivity contribution in [3.63, 3.8) is 0 Å². The summed E-state index contributed by atoms with van der Waals surface area (Å²) in [4.78, 5) is 2.47. The molecule has 1 aliphatic heterocycles. The molecule has 0 amide bonds. The monoisotopic (exact) mass is 371 g/mol. The molecule has 3 rings (SSSR count). The number of benzene rings is 2. The van der Waals surface area contributed by atoms with Gasteiger partial charge >= 0.3 is 0 Å². The predicted octanol–water partition coefficient (Wildman–Crippen LogP) is 3.55. The van der Waals surface area contributed by atoms with Crippen LogP contribution in [0.3, 0.4) is 0 Å². The molecule has 0 bridgehead atoms. The van der Waals surface area contributed by atoms with Crippen LogP contribution in [0.25, 0.3) is 0 Å². The summed E-state index contributed by atoms with van der Waals surface area (Å²) < 4.78 is 22.1. The number of hydrogen-bond acceptors (Lipinski definition) is 5. The normalized spacial score (nSPS) is 14.7. The molecule has 5 heteroatoms. The van der Waals surface area contributed by atoms with E-state index < -0.39 is 0 Å². The average Bonchev–Trinajstić information content (AvgIpc) is 2.73. The molecular weight excluding hydrogens is 342 g/mol. The first-order valence-electron chi connectivity index (χ1n) is 9.51. The second-order valence-electron chi connectivity index (χ2n) is 6.68. The molecular formula is C22H29NO4. The fourth-order valence-electron chi connectivity index (χ4n) is 3.20. The van der Waals surface area contributed by atoms with Crippen molar-refractivity contribution < 1.29 is 18.9 Å². The molecule has 1 aliphatic rings. The molecule has 0 spiro atoms. The molecule has 0 saturated carbocycles. The first-order valence-corrected chi connectivity index (χ1v) is 9.51. The number of methoxy groups -OCH3 is 2. The summed E-state index contributed by atoms with van der Waals surface area (Å²) >= 11 is 0. The molecule has 0 N–H and O–H groups in total. The van der Waals surface area contributed by atoms with E-state index in [1.165, 1.54) is 5.56 Å². The zero-order chi connectivity index (χ0) is 18.9. The SMILES string of the molecule is COc1ccc(COc2ccc(CCCN3CCOCC3)cc2OC)cc1. The molecule has 146 valence electrons. The summed E-state index contributed by atoms with van der Waals surface area (Å²) in [7, 11) is 3.35. The number of rotatable bonds is 9. The molecule has 0 aromatic heterocycles. The smallest absolute Gasteiger partial charge is 0.161 e. The zero-order valence-electron chi connectivity index (χ0n) is 16.3. The highest BCUT2D eigenvalue weighted by Crippen LogP contribution is 2.29. The van der Waals surface area contributed by atoms with Crippen molar-refractivity contribution in [2.75, 3.05) is 47.1 Å². The third-order valence-electron chi connectivity index (χ3n) is 4.82. The maximum Gasteiger partial charge on any atom is 0.161 e. The second-order valence-corrected chi connectivity index (χ2v) is 6.68. The van der Waals surface area contributed by atoms with Crippen molar-refractivity contribution in [1.29, 1.82) is 0 Å². The van der Waals surface area contributed by atoms with Gasteiger partial charge < -0.3 is 18.9 Å². The van der Waals surface area contributed by atoms with Gasteiger partial charge in [-0.25, -0.2) is 0 Å². The van der Waals surface area contributed by atoms with E-state index >= 15 is 0 Å². The summed E-state index contributed by atoms with van der Waals surface area (Å²) in [6, 6.07) is 14.1. The van der Waals surface area contributed by atoms with Gasteiger partial charge in [0.05, 0.1) is 27.4 Å². The van der Waals surface area contributed by atoms with E-state index in [2.05, 4.69) is 17.0 Å². The van der Waals surface area contributed by atoms with Crippen LogP contribution < -0.4 is 14.2 Å². The van der Waals surface area contributed by atoms with E-state index in [-0.39, 0.29) is 0 Å². The van der Waals surface area contributed by atoms with Crippen LogP contribution in [-0.4, -0.2) is 52.0 Å². The molecule has 0 aliphatic carbocycles. The fourth-order valence-corrected chi connectivity index (χ4v) is 3.20. The highest BCUT2D eigenvalue weighted by molar-refractivity contribution is 5.43. The Hall–Kier alpha value is -2.24. The molecule has 27 heavy (non-hydrogen) atoms. The van der Waals surface area contributed by atoms with Crippen molar-refractivity contribution in [3.8, 4) is 17.2 Å². The lowest BCUT2D eigenvalue weighted by Gasteiger charge is -2.26. The minimum absolute atomic E-state index is 0.497. The lowest BCUT2D eigenvalue weighted by molar-refractivity contribution is 0.0374. The van der Waals surface area contributed by atoms with Crippen molar-refractivity contribution in [3.05, 3.63) is 53.6 Å². The number of ether oxygens (including phenoxy) is 4. The Bertz CT molecular complexity index is 696. The van der Waals surface area contributed by atoms with E-state index in [1.807, 2.05) is 30.3 Å². The number of hydrogen-bond donors (Lipinski definition) is 0. The number of nitrogens with zero attached hydrogens (tertiary/aromatic N) is 1. The van der Waals surface area contributed by atoms with Crippen molar-refractivity contribution in [2.24, 2.45) is 0 Å². The van der Waals surface area contributed by atoms with Gasteiger partial charge in [0, 0.05) is 13.1 Å². The fraction of sp³-hybridized carbons (Fsp3) is 0.455. The third kappa shape index (κ3) is 5.88. The minimum Gasteiger partial charge on any atom is -0.497 e. The Kier molecular flexibility index (Phi) is 7.36. The van der Waals surface area contributed by atoms with E-state index in [4.69, 9.17) is 18.9 Å². The maximum absolute atomic E-state index is 5.95. The van der Waals surface area contributed by atoms with E-state index in [0.29, 0.717) is 6.61 Å². The van der Waals surface area contributed by atoms with Crippen molar-refractivity contribution in [1.82, 2.24) is 4.90 Å². The van der Waals surface area contributed by atoms with Crippen molar-refractivity contribution in [2.45, 2.75) is 19.4 Å². The van der Waals surface area contributed by atoms with E-state index in [0.717, 1.165) is 68.5 Å². The van der Waals surface area contributed by atoms with E-state index in [1.54, 1.807) is 14.2 Å². The lowest BCUT2D eigenvalue weighted by atomic mass is 10.1. The summed E-state index contributed by atoms with van der Waals surface area (Å²) in [5.74, 6) is 2.40. The Labute approximate surface area is 161 Å². The van der Waals surface area contributed by atoms with Gasteiger partial charge in [0.2, 0.25) is 0 Å². The van der Waals surface area contributed by atoms with Gasteiger partial charge in [-0.15, -0.1) is 0 Å². The number of morpholine rings is 1. The van der Waals surface area contributed by atoms with Gasteiger partial charge in [0.15, 0.2) is 11.5 Å². The van der Waals surface area contributed by atoms with Gasteiger partial charge in [0.25, 0.3) is 0 Å². The van der Waals surface area contributed by atoms with Crippen LogP contribution in [0.15, 0.2) is 42.5 Å². The van der Waals surface area contributed by atoms with Gasteiger partial charge in [-0.2, -0.15) is 0 Å². The standard InChI is InChI=1S/C22H29NO4/c1-24-20-8-5-19(6-9-20)17-27-21-10-7-18(16-22(21)25-2)4-3-11-23-12-14-26-15-13-23/h5-10,16H,3-4,11-15,17H2,1-2H3. The highest BCUT2D eigenvalue weighted by atomic mass is 16.5. The molecule has 5 nitrogen and oxygen atoms in total. The Morgan fingerprint density at radius 3 is 2.33 bits per heavy atom. The molecule has 2 aromatic rings. The summed E-state index contributed by atoms with van der Waals surface area (Å²) in [6.07, 6.45) is 2.17. The molecule has 0 unspecified atom stereocenters. The second kappa shape index (κ2) is 10.2. The first kappa shape index (κ1) is 19.5.